The van der Waals surface area contributed by atoms with Gasteiger partial charge in [0, 0.05) is 36.0 Å². The molecule has 3 rings (SSSR count). The maximum atomic E-state index is 13.6. The standard InChI is InChI=1S/C30H36BrF3N4O2/c1-4-5-16-37(20-25-9-8-17-36(25)19-23-12-14-24(31)15-13-23)28(39)21-38(18-22(2)3)29(40)35-27-11-7-6-10-26(27)30(32,33)34/h6-15,17,22H,4-5,16,18-21H2,1-3H3,(H,35,40). The first-order valence-electron chi connectivity index (χ1n) is 13.4. The Morgan fingerprint density at radius 2 is 1.70 bits per heavy atom. The predicted molar refractivity (Wildman–Crippen MR) is 155 cm³/mol. The van der Waals surface area contributed by atoms with E-state index >= 15 is 0 Å². The fourth-order valence-electron chi connectivity index (χ4n) is 4.33. The number of hydrogen-bond acceptors (Lipinski definition) is 2. The fourth-order valence-corrected chi connectivity index (χ4v) is 4.59. The molecule has 0 aliphatic carbocycles. The van der Waals surface area contributed by atoms with E-state index in [1.54, 1.807) is 4.90 Å². The van der Waals surface area contributed by atoms with E-state index in [0.29, 0.717) is 19.6 Å². The highest BCUT2D eigenvalue weighted by Gasteiger charge is 2.34. The molecule has 0 saturated carbocycles. The fraction of sp³-hybridized carbons (Fsp3) is 0.400. The van der Waals surface area contributed by atoms with Crippen molar-refractivity contribution >= 4 is 33.6 Å². The number of amides is 3. The lowest BCUT2D eigenvalue weighted by Crippen LogP contribution is -2.46. The van der Waals surface area contributed by atoms with Gasteiger partial charge >= 0.3 is 12.2 Å². The van der Waals surface area contributed by atoms with Crippen LogP contribution in [0.5, 0.6) is 0 Å². The highest BCUT2D eigenvalue weighted by molar-refractivity contribution is 9.10. The summed E-state index contributed by atoms with van der Waals surface area (Å²) in [6.45, 7) is 7.30. The molecule has 0 saturated heterocycles. The number of hydrogen-bond donors (Lipinski definition) is 1. The number of carbonyl (C=O) groups is 2. The molecule has 0 fully saturated rings. The Kier molecular flexibility index (Phi) is 11.2. The summed E-state index contributed by atoms with van der Waals surface area (Å²) < 4.78 is 43.5. The molecule has 2 aromatic carbocycles. The van der Waals surface area contributed by atoms with Crippen LogP contribution in [0.2, 0.25) is 0 Å². The molecule has 3 amide bonds. The van der Waals surface area contributed by atoms with Crippen molar-refractivity contribution in [2.45, 2.75) is 52.9 Å². The minimum absolute atomic E-state index is 0.00337. The molecule has 1 aromatic heterocycles. The average molecular weight is 622 g/mol. The lowest BCUT2D eigenvalue weighted by molar-refractivity contribution is -0.137. The first-order valence-corrected chi connectivity index (χ1v) is 14.2. The molecule has 40 heavy (non-hydrogen) atoms. The van der Waals surface area contributed by atoms with Gasteiger partial charge in [-0.15, -0.1) is 0 Å². The van der Waals surface area contributed by atoms with E-state index in [4.69, 9.17) is 0 Å². The highest BCUT2D eigenvalue weighted by atomic mass is 79.9. The molecule has 10 heteroatoms. The van der Waals surface area contributed by atoms with Crippen molar-refractivity contribution in [1.29, 1.82) is 0 Å². The first kappa shape index (κ1) is 31.3. The second kappa shape index (κ2) is 14.4. The Balaban J connectivity index is 1.77. The second-order valence-corrected chi connectivity index (χ2v) is 11.1. The summed E-state index contributed by atoms with van der Waals surface area (Å²) in [6, 6.07) is 16.0. The quantitative estimate of drug-likeness (QED) is 0.226. The highest BCUT2D eigenvalue weighted by Crippen LogP contribution is 2.34. The number of halogens is 4. The van der Waals surface area contributed by atoms with Gasteiger partial charge in [-0.05, 0) is 54.3 Å². The van der Waals surface area contributed by atoms with E-state index < -0.39 is 17.8 Å². The van der Waals surface area contributed by atoms with Crippen LogP contribution in [0.25, 0.3) is 0 Å². The normalized spacial score (nSPS) is 11.5. The lowest BCUT2D eigenvalue weighted by Gasteiger charge is -2.29. The smallest absolute Gasteiger partial charge is 0.345 e. The Hall–Kier alpha value is -3.27. The van der Waals surface area contributed by atoms with Gasteiger partial charge in [-0.1, -0.05) is 67.4 Å². The van der Waals surface area contributed by atoms with E-state index in [2.05, 4.69) is 25.8 Å². The molecule has 216 valence electrons. The number of anilines is 1. The number of benzene rings is 2. The molecule has 6 nitrogen and oxygen atoms in total. The van der Waals surface area contributed by atoms with E-state index in [9.17, 15) is 22.8 Å². The first-order chi connectivity index (χ1) is 19.0. The molecule has 1 N–H and O–H groups in total. The Labute approximate surface area is 242 Å². The Morgan fingerprint density at radius 1 is 1.00 bits per heavy atom. The summed E-state index contributed by atoms with van der Waals surface area (Å²) in [5, 5.41) is 2.38. The van der Waals surface area contributed by atoms with Crippen LogP contribution >= 0.6 is 15.9 Å². The van der Waals surface area contributed by atoms with Gasteiger partial charge in [0.1, 0.15) is 6.54 Å². The third kappa shape index (κ3) is 9.15. The summed E-state index contributed by atoms with van der Waals surface area (Å²) in [5.41, 5.74) is 0.794. The second-order valence-electron chi connectivity index (χ2n) is 10.2. The van der Waals surface area contributed by atoms with Crippen molar-refractivity contribution in [2.24, 2.45) is 5.92 Å². The minimum atomic E-state index is -4.62. The number of alkyl halides is 3. The van der Waals surface area contributed by atoms with Gasteiger partial charge in [-0.25, -0.2) is 4.79 Å². The molecule has 0 radical (unpaired) electrons. The number of aromatic nitrogens is 1. The van der Waals surface area contributed by atoms with E-state index in [1.165, 1.54) is 23.1 Å². The van der Waals surface area contributed by atoms with Gasteiger partial charge in [0.05, 0.1) is 17.8 Å². The monoisotopic (exact) mass is 620 g/mol. The summed E-state index contributed by atoms with van der Waals surface area (Å²) in [7, 11) is 0. The SMILES string of the molecule is CCCCN(Cc1cccn1Cc1ccc(Br)cc1)C(=O)CN(CC(C)C)C(=O)Nc1ccccc1C(F)(F)F. The summed E-state index contributed by atoms with van der Waals surface area (Å²) in [4.78, 5) is 29.7. The predicted octanol–water partition coefficient (Wildman–Crippen LogP) is 7.64. The maximum absolute atomic E-state index is 13.6. The topological polar surface area (TPSA) is 57.6 Å². The zero-order valence-electron chi connectivity index (χ0n) is 23.0. The molecule has 1 heterocycles. The van der Waals surface area contributed by atoms with E-state index in [0.717, 1.165) is 34.6 Å². The molecule has 0 atom stereocenters. The molecule has 0 bridgehead atoms. The number of nitrogens with zero attached hydrogens (tertiary/aromatic N) is 3. The third-order valence-electron chi connectivity index (χ3n) is 6.35. The van der Waals surface area contributed by atoms with Crippen LogP contribution in [-0.4, -0.2) is 45.9 Å². The summed E-state index contributed by atoms with van der Waals surface area (Å²) in [6.07, 6.45) is -0.982. The number of unbranched alkanes of at least 4 members (excludes halogenated alkanes) is 1. The van der Waals surface area contributed by atoms with Crippen LogP contribution in [0.1, 0.15) is 50.4 Å². The Bertz CT molecular complexity index is 1260. The van der Waals surface area contributed by atoms with Crippen molar-refractivity contribution in [2.75, 3.05) is 25.0 Å². The van der Waals surface area contributed by atoms with Crippen molar-refractivity contribution < 1.29 is 22.8 Å². The zero-order chi connectivity index (χ0) is 29.3. The van der Waals surface area contributed by atoms with Gasteiger partial charge in [0.2, 0.25) is 5.91 Å². The summed E-state index contributed by atoms with van der Waals surface area (Å²) >= 11 is 3.45. The number of urea groups is 1. The van der Waals surface area contributed by atoms with Crippen molar-refractivity contribution in [3.05, 3.63) is 88.2 Å². The van der Waals surface area contributed by atoms with Crippen LogP contribution in [0.15, 0.2) is 71.3 Å². The number of rotatable bonds is 12. The van der Waals surface area contributed by atoms with Crippen molar-refractivity contribution in [3.8, 4) is 0 Å². The van der Waals surface area contributed by atoms with Crippen molar-refractivity contribution in [3.63, 3.8) is 0 Å². The van der Waals surface area contributed by atoms with E-state index in [1.807, 2.05) is 63.4 Å². The molecular formula is C30H36BrF3N4O2. The van der Waals surface area contributed by atoms with Crippen molar-refractivity contribution in [1.82, 2.24) is 14.4 Å². The van der Waals surface area contributed by atoms with E-state index in [-0.39, 0.29) is 30.6 Å². The number of para-hydroxylation sites is 1. The molecular weight excluding hydrogens is 585 g/mol. The maximum Gasteiger partial charge on any atom is 0.418 e. The molecule has 0 aliphatic heterocycles. The van der Waals surface area contributed by atoms with Crippen LogP contribution < -0.4 is 5.32 Å². The van der Waals surface area contributed by atoms with Gasteiger partial charge in [-0.3, -0.25) is 4.79 Å². The third-order valence-corrected chi connectivity index (χ3v) is 6.88. The molecule has 0 aliphatic rings. The molecule has 3 aromatic rings. The average Bonchev–Trinajstić information content (AvgIpc) is 3.33. The number of carbonyl (C=O) groups excluding carboxylic acids is 2. The lowest BCUT2D eigenvalue weighted by atomic mass is 10.1. The van der Waals surface area contributed by atoms with Gasteiger partial charge in [0.25, 0.3) is 0 Å². The van der Waals surface area contributed by atoms with Gasteiger partial charge in [0.15, 0.2) is 0 Å². The largest absolute Gasteiger partial charge is 0.418 e. The number of nitrogens with one attached hydrogen (secondary N) is 1. The van der Waals surface area contributed by atoms with Crippen LogP contribution in [0.3, 0.4) is 0 Å². The molecule has 0 spiro atoms. The van der Waals surface area contributed by atoms with Gasteiger partial charge in [-0.2, -0.15) is 13.2 Å². The zero-order valence-corrected chi connectivity index (χ0v) is 24.6. The van der Waals surface area contributed by atoms with Gasteiger partial charge < -0.3 is 19.7 Å². The van der Waals surface area contributed by atoms with Crippen LogP contribution in [0.4, 0.5) is 23.7 Å². The molecule has 0 unspecified atom stereocenters. The summed E-state index contributed by atoms with van der Waals surface area (Å²) in [5.74, 6) is -0.256. The minimum Gasteiger partial charge on any atom is -0.345 e. The van der Waals surface area contributed by atoms with Crippen LogP contribution in [-0.2, 0) is 24.1 Å². The van der Waals surface area contributed by atoms with Crippen LogP contribution in [0, 0.1) is 5.92 Å². The Morgan fingerprint density at radius 3 is 2.35 bits per heavy atom.